The van der Waals surface area contributed by atoms with Gasteiger partial charge in [-0.3, -0.25) is 4.79 Å². The fraction of sp³-hybridized carbons (Fsp3) is 0.462. The molecule has 1 fully saturated rings. The molecule has 1 aromatic carbocycles. The Morgan fingerprint density at radius 3 is 2.83 bits per heavy atom. The van der Waals surface area contributed by atoms with E-state index in [0.29, 0.717) is 17.6 Å². The zero-order chi connectivity index (χ0) is 13.1. The lowest BCUT2D eigenvalue weighted by molar-refractivity contribution is 0.0758. The minimum absolute atomic E-state index is 0.147. The van der Waals surface area contributed by atoms with Crippen molar-refractivity contribution in [3.05, 3.63) is 34.1 Å². The second-order valence-electron chi connectivity index (χ2n) is 4.55. The third kappa shape index (κ3) is 2.90. The summed E-state index contributed by atoms with van der Waals surface area (Å²) < 4.78 is 14.2. The van der Waals surface area contributed by atoms with Crippen molar-refractivity contribution in [3.8, 4) is 0 Å². The Labute approximate surface area is 115 Å². The molecule has 0 atom stereocenters. The molecule has 0 N–H and O–H groups in total. The molecule has 98 valence electrons. The minimum atomic E-state index is -0.472. The van der Waals surface area contributed by atoms with Crippen molar-refractivity contribution in [2.24, 2.45) is 0 Å². The fourth-order valence-electron chi connectivity index (χ4n) is 2.09. The molecule has 0 bridgehead atoms. The largest absolute Gasteiger partial charge is 0.337 e. The van der Waals surface area contributed by atoms with Gasteiger partial charge >= 0.3 is 0 Å². The van der Waals surface area contributed by atoms with Crippen LogP contribution in [0.1, 0.15) is 16.8 Å². The lowest BCUT2D eigenvalue weighted by Gasteiger charge is -2.21. The second-order valence-corrected chi connectivity index (χ2v) is 5.40. The summed E-state index contributed by atoms with van der Waals surface area (Å²) in [6.07, 6.45) is 0.928. The van der Waals surface area contributed by atoms with Crippen LogP contribution in [0.5, 0.6) is 0 Å². The Hall–Kier alpha value is -0.940. The van der Waals surface area contributed by atoms with E-state index in [9.17, 15) is 9.18 Å². The Bertz CT molecular complexity index is 453. The van der Waals surface area contributed by atoms with E-state index >= 15 is 0 Å². The smallest absolute Gasteiger partial charge is 0.256 e. The summed E-state index contributed by atoms with van der Waals surface area (Å²) >= 11 is 3.11. The van der Waals surface area contributed by atoms with Crippen molar-refractivity contribution >= 4 is 21.8 Å². The van der Waals surface area contributed by atoms with Crippen LogP contribution in [-0.4, -0.2) is 48.9 Å². The highest BCUT2D eigenvalue weighted by Crippen LogP contribution is 2.20. The summed E-state index contributed by atoms with van der Waals surface area (Å²) in [4.78, 5) is 16.2. The molecule has 1 aliphatic rings. The zero-order valence-electron chi connectivity index (χ0n) is 10.3. The van der Waals surface area contributed by atoms with Crippen molar-refractivity contribution in [2.75, 3.05) is 33.2 Å². The summed E-state index contributed by atoms with van der Waals surface area (Å²) in [6.45, 7) is 3.16. The van der Waals surface area contributed by atoms with Gasteiger partial charge in [0.05, 0.1) is 10.0 Å². The molecular weight excluding hydrogens is 299 g/mol. The maximum absolute atomic E-state index is 13.9. The van der Waals surface area contributed by atoms with E-state index in [-0.39, 0.29) is 11.5 Å². The third-order valence-corrected chi connectivity index (χ3v) is 3.80. The number of hydrogen-bond donors (Lipinski definition) is 0. The van der Waals surface area contributed by atoms with Crippen LogP contribution in [0, 0.1) is 5.82 Å². The lowest BCUT2D eigenvalue weighted by Crippen LogP contribution is -2.35. The van der Waals surface area contributed by atoms with Crippen molar-refractivity contribution in [1.29, 1.82) is 0 Å². The van der Waals surface area contributed by atoms with Crippen molar-refractivity contribution in [2.45, 2.75) is 6.42 Å². The predicted octanol–water partition coefficient (Wildman–Crippen LogP) is 2.37. The first-order valence-corrected chi connectivity index (χ1v) is 6.80. The Morgan fingerprint density at radius 2 is 2.06 bits per heavy atom. The van der Waals surface area contributed by atoms with E-state index < -0.39 is 5.82 Å². The summed E-state index contributed by atoms with van der Waals surface area (Å²) in [5, 5.41) is 0. The van der Waals surface area contributed by atoms with E-state index in [1.807, 2.05) is 7.05 Å². The maximum atomic E-state index is 13.9. The quantitative estimate of drug-likeness (QED) is 0.794. The van der Waals surface area contributed by atoms with Gasteiger partial charge in [-0.05, 0) is 48.1 Å². The molecule has 0 unspecified atom stereocenters. The molecule has 1 amide bonds. The molecule has 0 aliphatic carbocycles. The van der Waals surface area contributed by atoms with Gasteiger partial charge in [0.2, 0.25) is 0 Å². The summed E-state index contributed by atoms with van der Waals surface area (Å²) in [7, 11) is 2.04. The molecule has 1 heterocycles. The summed E-state index contributed by atoms with van der Waals surface area (Å²) in [5.74, 6) is -0.691. The fourth-order valence-corrected chi connectivity index (χ4v) is 2.46. The lowest BCUT2D eigenvalue weighted by atomic mass is 10.2. The van der Waals surface area contributed by atoms with Gasteiger partial charge in [0, 0.05) is 19.6 Å². The molecule has 0 aromatic heterocycles. The first-order chi connectivity index (χ1) is 8.59. The first kappa shape index (κ1) is 13.5. The predicted molar refractivity (Wildman–Crippen MR) is 72.1 cm³/mol. The first-order valence-electron chi connectivity index (χ1n) is 6.01. The normalized spacial score (nSPS) is 17.6. The number of carbonyl (C=O) groups excluding carboxylic acids is 1. The number of halogens is 2. The van der Waals surface area contributed by atoms with E-state index in [0.717, 1.165) is 19.5 Å². The number of nitrogens with zero attached hydrogens (tertiary/aromatic N) is 2. The molecule has 2 rings (SSSR count). The summed E-state index contributed by atoms with van der Waals surface area (Å²) in [5.41, 5.74) is 0.147. The highest BCUT2D eigenvalue weighted by atomic mass is 79.9. The minimum Gasteiger partial charge on any atom is -0.337 e. The van der Waals surface area contributed by atoms with Gasteiger partial charge in [-0.2, -0.15) is 0 Å². The van der Waals surface area contributed by atoms with Crippen LogP contribution >= 0.6 is 15.9 Å². The van der Waals surface area contributed by atoms with E-state index in [1.165, 1.54) is 6.07 Å². The van der Waals surface area contributed by atoms with Crippen LogP contribution in [0.4, 0.5) is 4.39 Å². The van der Waals surface area contributed by atoms with Gasteiger partial charge in [0.15, 0.2) is 0 Å². The number of carbonyl (C=O) groups is 1. The molecule has 0 saturated carbocycles. The Kier molecular flexibility index (Phi) is 4.35. The maximum Gasteiger partial charge on any atom is 0.256 e. The van der Waals surface area contributed by atoms with Gasteiger partial charge in [0.25, 0.3) is 5.91 Å². The summed E-state index contributed by atoms with van der Waals surface area (Å²) in [6, 6.07) is 4.82. The van der Waals surface area contributed by atoms with Gasteiger partial charge < -0.3 is 9.80 Å². The molecule has 0 spiro atoms. The molecular formula is C13H16BrFN2O. The van der Waals surface area contributed by atoms with Crippen LogP contribution in [0.25, 0.3) is 0 Å². The number of rotatable bonds is 1. The van der Waals surface area contributed by atoms with Crippen LogP contribution in [-0.2, 0) is 0 Å². The highest BCUT2D eigenvalue weighted by molar-refractivity contribution is 9.10. The average molecular weight is 315 g/mol. The topological polar surface area (TPSA) is 23.6 Å². The van der Waals surface area contributed by atoms with Gasteiger partial charge in [-0.1, -0.05) is 6.07 Å². The van der Waals surface area contributed by atoms with Crippen LogP contribution < -0.4 is 0 Å². The molecule has 1 aliphatic heterocycles. The van der Waals surface area contributed by atoms with E-state index in [1.54, 1.807) is 17.0 Å². The van der Waals surface area contributed by atoms with Crippen LogP contribution in [0.3, 0.4) is 0 Å². The highest BCUT2D eigenvalue weighted by Gasteiger charge is 2.22. The van der Waals surface area contributed by atoms with Crippen LogP contribution in [0.15, 0.2) is 22.7 Å². The van der Waals surface area contributed by atoms with Crippen molar-refractivity contribution in [3.63, 3.8) is 0 Å². The standard InChI is InChI=1S/C13H16BrFN2O/c1-16-6-3-7-17(9-8-16)13(18)10-4-2-5-11(14)12(10)15/h2,4-5H,3,6-9H2,1H3. The van der Waals surface area contributed by atoms with Crippen molar-refractivity contribution < 1.29 is 9.18 Å². The molecule has 3 nitrogen and oxygen atoms in total. The SMILES string of the molecule is CN1CCCN(C(=O)c2cccc(Br)c2F)CC1. The third-order valence-electron chi connectivity index (χ3n) is 3.19. The molecule has 1 aromatic rings. The Balaban J connectivity index is 2.18. The van der Waals surface area contributed by atoms with Crippen molar-refractivity contribution in [1.82, 2.24) is 9.80 Å². The number of amides is 1. The second kappa shape index (κ2) is 5.80. The zero-order valence-corrected chi connectivity index (χ0v) is 11.9. The van der Waals surface area contributed by atoms with Gasteiger partial charge in [-0.25, -0.2) is 4.39 Å². The number of benzene rings is 1. The Morgan fingerprint density at radius 1 is 1.28 bits per heavy atom. The average Bonchev–Trinajstić information content (AvgIpc) is 2.57. The van der Waals surface area contributed by atoms with E-state index in [4.69, 9.17) is 0 Å². The molecule has 5 heteroatoms. The van der Waals surface area contributed by atoms with E-state index in [2.05, 4.69) is 20.8 Å². The molecule has 1 saturated heterocycles. The van der Waals surface area contributed by atoms with Gasteiger partial charge in [0.1, 0.15) is 5.82 Å². The number of hydrogen-bond acceptors (Lipinski definition) is 2. The number of likely N-dealkylation sites (N-methyl/N-ethyl adjacent to an activating group) is 1. The molecule has 18 heavy (non-hydrogen) atoms. The van der Waals surface area contributed by atoms with Crippen LogP contribution in [0.2, 0.25) is 0 Å². The monoisotopic (exact) mass is 314 g/mol. The molecule has 0 radical (unpaired) electrons. The van der Waals surface area contributed by atoms with Gasteiger partial charge in [-0.15, -0.1) is 0 Å².